The van der Waals surface area contributed by atoms with Crippen LogP contribution in [-0.4, -0.2) is 141 Å². The summed E-state index contributed by atoms with van der Waals surface area (Å²) in [5.74, 6) is 0.861. The summed E-state index contributed by atoms with van der Waals surface area (Å²) in [5.41, 5.74) is 16.4. The van der Waals surface area contributed by atoms with E-state index in [4.69, 9.17) is 9.72 Å². The molecule has 9 heterocycles. The van der Waals surface area contributed by atoms with Crippen LogP contribution in [0.15, 0.2) is 102 Å². The minimum Gasteiger partial charge on any atom is -0.482 e. The summed E-state index contributed by atoms with van der Waals surface area (Å²) in [6.07, 6.45) is 9.52. The van der Waals surface area contributed by atoms with Crippen LogP contribution in [0.25, 0.3) is 55.3 Å². The lowest BCUT2D eigenvalue weighted by molar-refractivity contribution is -0.115. The van der Waals surface area contributed by atoms with Gasteiger partial charge in [0.05, 0.1) is 41.6 Å². The van der Waals surface area contributed by atoms with Gasteiger partial charge in [0, 0.05) is 124 Å². The number of likely N-dealkylation sites (N-methyl/N-ethyl adjacent to an activating group) is 2. The third-order valence-corrected chi connectivity index (χ3v) is 17.9. The lowest BCUT2D eigenvalue weighted by atomic mass is 10.0. The molecule has 5 aromatic heterocycles. The highest BCUT2D eigenvalue weighted by Crippen LogP contribution is 2.39. The lowest BCUT2D eigenvalue weighted by Gasteiger charge is -2.25. The van der Waals surface area contributed by atoms with Crippen molar-refractivity contribution in [1.29, 1.82) is 0 Å². The summed E-state index contributed by atoms with van der Waals surface area (Å²) in [5, 5.41) is 11.9. The summed E-state index contributed by atoms with van der Waals surface area (Å²) < 4.78 is 5.32. The monoisotopic (exact) mass is 1150 g/mol. The number of pyridine rings is 1. The fourth-order valence-corrected chi connectivity index (χ4v) is 12.9. The summed E-state index contributed by atoms with van der Waals surface area (Å²) in [6, 6.07) is 26.0. The second-order valence-electron chi connectivity index (χ2n) is 21.0. The fourth-order valence-electron chi connectivity index (χ4n) is 11.2. The second-order valence-corrected chi connectivity index (χ2v) is 22.8. The number of methoxy groups -OCH3 is 1. The molecule has 0 fully saturated rings. The van der Waals surface area contributed by atoms with Gasteiger partial charge < -0.3 is 44.9 Å². The van der Waals surface area contributed by atoms with Crippen LogP contribution in [0.4, 0.5) is 11.4 Å². The fraction of sp³-hybridized carbons (Fsp3) is 0.338. The maximum Gasteiger partial charge on any atom is 0.256 e. The minimum absolute atomic E-state index is 0.0536. The van der Waals surface area contributed by atoms with Gasteiger partial charge in [-0.3, -0.25) is 24.2 Å². The van der Waals surface area contributed by atoms with Crippen molar-refractivity contribution < 1.29 is 23.9 Å². The predicted octanol–water partition coefficient (Wildman–Crippen LogP) is 11.8. The number of carbonyl (C=O) groups excluding carboxylic acids is 4. The molecule has 12 rings (SSSR count). The van der Waals surface area contributed by atoms with Gasteiger partial charge in [0.15, 0.2) is 5.88 Å². The number of carbonyl (C=O) groups is 4. The van der Waals surface area contributed by atoms with Gasteiger partial charge in [0.1, 0.15) is 10.0 Å². The van der Waals surface area contributed by atoms with Crippen LogP contribution in [-0.2, 0) is 28.9 Å². The Bertz CT molecular complexity index is 3650. The van der Waals surface area contributed by atoms with E-state index in [2.05, 4.69) is 85.6 Å². The molecule has 0 spiro atoms. The summed E-state index contributed by atoms with van der Waals surface area (Å²) in [6.45, 7) is 21.5. The van der Waals surface area contributed by atoms with Gasteiger partial charge in [-0.05, 0) is 119 Å². The largest absolute Gasteiger partial charge is 0.482 e. The zero-order valence-electron chi connectivity index (χ0n) is 48.5. The van der Waals surface area contributed by atoms with Gasteiger partial charge >= 0.3 is 0 Å². The van der Waals surface area contributed by atoms with Gasteiger partial charge in [-0.25, -0.2) is 9.97 Å². The van der Waals surface area contributed by atoms with E-state index in [-0.39, 0.29) is 23.6 Å². The van der Waals surface area contributed by atoms with E-state index in [9.17, 15) is 19.2 Å². The van der Waals surface area contributed by atoms with Crippen molar-refractivity contribution in [2.75, 3.05) is 83.2 Å². The van der Waals surface area contributed by atoms with Crippen LogP contribution in [0.1, 0.15) is 101 Å². The Morgan fingerprint density at radius 1 is 0.639 bits per heavy atom. The molecule has 8 aromatic rings. The van der Waals surface area contributed by atoms with E-state index in [1.54, 1.807) is 42.2 Å². The van der Waals surface area contributed by atoms with Crippen molar-refractivity contribution in [2.24, 2.45) is 0 Å². The van der Waals surface area contributed by atoms with Gasteiger partial charge in [-0.2, -0.15) is 0 Å². The van der Waals surface area contributed by atoms with Crippen LogP contribution < -0.4 is 15.4 Å². The number of anilines is 2. The van der Waals surface area contributed by atoms with Crippen LogP contribution in [0, 0.1) is 13.8 Å². The van der Waals surface area contributed by atoms with Crippen molar-refractivity contribution in [1.82, 2.24) is 44.5 Å². The maximum atomic E-state index is 13.6. The van der Waals surface area contributed by atoms with Gasteiger partial charge in [0.25, 0.3) is 17.7 Å². The van der Waals surface area contributed by atoms with Crippen molar-refractivity contribution in [3.8, 4) is 49.5 Å². The molecule has 18 heteroatoms. The number of benzene rings is 3. The molecule has 83 heavy (non-hydrogen) atoms. The molecule has 4 aliphatic rings. The minimum atomic E-state index is -0.142. The third kappa shape index (κ3) is 13.0. The lowest BCUT2D eigenvalue weighted by Crippen LogP contribution is -2.38. The molecule has 0 aliphatic carbocycles. The van der Waals surface area contributed by atoms with Crippen molar-refractivity contribution in [2.45, 2.75) is 73.6 Å². The van der Waals surface area contributed by atoms with Crippen molar-refractivity contribution in [3.63, 3.8) is 0 Å². The molecule has 0 atom stereocenters. The molecular formula is C65H73N11O5S2. The average molecular weight is 1150 g/mol. The molecule has 0 saturated heterocycles. The standard InChI is InChI=1S/C33H35N5O2S.C16H27N3O2.C16H11N3OS/c1-4-37(5-2)16-17-38-15-9-12-27-30(33(38)40)21(3)28(34-27)19-25-24-18-23(13-14-26(24)35-31(25)39)29-20-41-32(36-29)22-10-7-6-8-11-22;1-5-18(6-2)10-11-19-9-7-8-13-14(16(19)20)12(3)15(17-13)21-4;20-15-8-12-7-11(1-2-13(12)18-15)14-9-21-16(19-14)10-3-5-17-6-4-10/h6-8,10-11,13-14,18-20,34H,4-5,9,12,15-17H2,1-3H3,(H,35,39);17H,5-11H2,1-4H3;1-7,9H,8H2,(H,18,20)/b25-19-;;. The number of aryl methyl sites for hydroxylation is 2. The number of hydrogen-bond donors (Lipinski definition) is 4. The van der Waals surface area contributed by atoms with Crippen LogP contribution in [0.3, 0.4) is 0 Å². The van der Waals surface area contributed by atoms with E-state index in [1.807, 2.05) is 102 Å². The van der Waals surface area contributed by atoms with Crippen LogP contribution in [0.2, 0.25) is 0 Å². The topological polar surface area (TPSA) is 185 Å². The van der Waals surface area contributed by atoms with E-state index in [0.717, 1.165) is 203 Å². The molecule has 430 valence electrons. The Morgan fingerprint density at radius 2 is 1.19 bits per heavy atom. The summed E-state index contributed by atoms with van der Waals surface area (Å²) in [4.78, 5) is 80.0. The number of H-pyrrole nitrogens is 2. The number of nitrogens with one attached hydrogen (secondary N) is 4. The second kappa shape index (κ2) is 26.5. The Kier molecular flexibility index (Phi) is 18.6. The first-order chi connectivity index (χ1) is 40.4. The number of aromatic amines is 2. The van der Waals surface area contributed by atoms with E-state index >= 15 is 0 Å². The first-order valence-corrected chi connectivity index (χ1v) is 30.6. The normalized spacial score (nSPS) is 15.0. The Balaban J connectivity index is 0.000000154. The zero-order valence-corrected chi connectivity index (χ0v) is 50.1. The Morgan fingerprint density at radius 3 is 1.78 bits per heavy atom. The maximum absolute atomic E-state index is 13.6. The molecule has 0 bridgehead atoms. The predicted molar refractivity (Wildman–Crippen MR) is 334 cm³/mol. The molecular weight excluding hydrogens is 1080 g/mol. The number of aromatic nitrogens is 5. The Hall–Kier alpha value is -8.03. The van der Waals surface area contributed by atoms with Crippen LogP contribution >= 0.6 is 22.7 Å². The first kappa shape index (κ1) is 58.2. The number of fused-ring (bicyclic) bond motifs is 4. The number of thiazole rings is 2. The smallest absolute Gasteiger partial charge is 0.256 e. The average Bonchev–Trinajstić information content (AvgIpc) is 4.58. The highest BCUT2D eigenvalue weighted by molar-refractivity contribution is 7.13. The van der Waals surface area contributed by atoms with E-state index in [0.29, 0.717) is 12.0 Å². The quantitative estimate of drug-likeness (QED) is 0.0679. The number of amides is 4. The first-order valence-electron chi connectivity index (χ1n) is 28.9. The highest BCUT2D eigenvalue weighted by atomic mass is 32.1. The zero-order chi connectivity index (χ0) is 58.1. The highest BCUT2D eigenvalue weighted by Gasteiger charge is 2.31. The van der Waals surface area contributed by atoms with Gasteiger partial charge in [0.2, 0.25) is 5.91 Å². The van der Waals surface area contributed by atoms with Gasteiger partial charge in [-0.15, -0.1) is 22.7 Å². The number of rotatable bonds is 16. The number of hydrogen-bond acceptors (Lipinski definition) is 12. The van der Waals surface area contributed by atoms with Crippen LogP contribution in [0.5, 0.6) is 5.88 Å². The molecule has 0 unspecified atom stereocenters. The third-order valence-electron chi connectivity index (χ3n) is 16.1. The molecule has 4 aliphatic heterocycles. The van der Waals surface area contributed by atoms with Crippen molar-refractivity contribution >= 4 is 69.3 Å². The number of nitrogens with zero attached hydrogens (tertiary/aromatic N) is 7. The van der Waals surface area contributed by atoms with Gasteiger partial charge in [-0.1, -0.05) is 70.2 Å². The Labute approximate surface area is 494 Å². The van der Waals surface area contributed by atoms with E-state index < -0.39 is 0 Å². The van der Waals surface area contributed by atoms with E-state index in [1.165, 1.54) is 0 Å². The molecule has 0 saturated carbocycles. The molecule has 16 nitrogen and oxygen atoms in total. The molecule has 0 radical (unpaired) electrons. The number of ether oxygens (including phenoxy) is 1. The molecule has 4 N–H and O–H groups in total. The molecule has 3 aromatic carbocycles. The summed E-state index contributed by atoms with van der Waals surface area (Å²) in [7, 11) is 1.64. The SMILES string of the molecule is CCN(CC)CCN1CCCc2[nH]c(/C=C3\C(=O)Nc4ccc(-c5csc(-c6ccccc6)n5)cc43)c(C)c2C1=O.CCN(CC)CCN1CCCc2[nH]c(OC)c(C)c2C1=O.O=C1Cc2cc(-c3csc(-c4ccncc4)n3)ccc2N1. The summed E-state index contributed by atoms with van der Waals surface area (Å²) >= 11 is 3.22. The van der Waals surface area contributed by atoms with Crippen molar-refractivity contribution in [3.05, 3.63) is 152 Å². The molecule has 4 amide bonds.